The Hall–Kier alpha value is -1.77. The summed E-state index contributed by atoms with van der Waals surface area (Å²) in [5.41, 5.74) is 1.23. The molecule has 1 amide bonds. The minimum absolute atomic E-state index is 0.137. The molecule has 0 saturated carbocycles. The Bertz CT molecular complexity index is 571. The summed E-state index contributed by atoms with van der Waals surface area (Å²) in [5, 5.41) is 2.97. The molecule has 8 heteroatoms. The molecule has 8 nitrogen and oxygen atoms in total. The standard InChI is InChI=1S/C17H27N5O3/c1-14-13-15(20-17(19-14)22-7-11-25-12-8-22)16(23)18-3-2-4-21-5-9-24-10-6-21/h13H,2-12H2,1H3,(H,18,23). The molecule has 0 aliphatic carbocycles. The molecule has 2 aliphatic rings. The van der Waals surface area contributed by atoms with Gasteiger partial charge in [0.1, 0.15) is 5.69 Å². The van der Waals surface area contributed by atoms with Crippen LogP contribution in [0.25, 0.3) is 0 Å². The smallest absolute Gasteiger partial charge is 0.270 e. The SMILES string of the molecule is Cc1cc(C(=O)NCCCN2CCOCC2)nc(N2CCOCC2)n1. The molecule has 0 bridgehead atoms. The zero-order valence-electron chi connectivity index (χ0n) is 14.9. The fraction of sp³-hybridized carbons (Fsp3) is 0.706. The highest BCUT2D eigenvalue weighted by molar-refractivity contribution is 5.92. The van der Waals surface area contributed by atoms with Gasteiger partial charge in [-0.15, -0.1) is 0 Å². The predicted molar refractivity (Wildman–Crippen MR) is 94.0 cm³/mol. The van der Waals surface area contributed by atoms with Crippen LogP contribution in [0.4, 0.5) is 5.95 Å². The lowest BCUT2D eigenvalue weighted by atomic mass is 10.3. The molecule has 0 unspecified atom stereocenters. The van der Waals surface area contributed by atoms with E-state index in [1.54, 1.807) is 6.07 Å². The first-order valence-corrected chi connectivity index (χ1v) is 8.99. The number of amides is 1. The molecule has 1 aromatic heterocycles. The van der Waals surface area contributed by atoms with Crippen LogP contribution >= 0.6 is 0 Å². The molecule has 1 N–H and O–H groups in total. The Kier molecular flexibility index (Phi) is 6.55. The number of ether oxygens (including phenoxy) is 2. The van der Waals surface area contributed by atoms with Gasteiger partial charge in [-0.25, -0.2) is 9.97 Å². The fourth-order valence-electron chi connectivity index (χ4n) is 2.99. The average Bonchev–Trinajstić information content (AvgIpc) is 2.66. The zero-order chi connectivity index (χ0) is 17.5. The maximum atomic E-state index is 12.4. The molecule has 3 heterocycles. The number of aryl methyl sites for hydroxylation is 1. The van der Waals surface area contributed by atoms with Crippen molar-refractivity contribution >= 4 is 11.9 Å². The van der Waals surface area contributed by atoms with Crippen molar-refractivity contribution in [3.8, 4) is 0 Å². The van der Waals surface area contributed by atoms with E-state index in [-0.39, 0.29) is 5.91 Å². The van der Waals surface area contributed by atoms with Gasteiger partial charge in [0.2, 0.25) is 5.95 Å². The van der Waals surface area contributed by atoms with E-state index in [2.05, 4.69) is 25.1 Å². The second-order valence-electron chi connectivity index (χ2n) is 6.36. The lowest BCUT2D eigenvalue weighted by molar-refractivity contribution is 0.0374. The van der Waals surface area contributed by atoms with Crippen LogP contribution in [0, 0.1) is 6.92 Å². The third kappa shape index (κ3) is 5.35. The van der Waals surface area contributed by atoms with Gasteiger partial charge in [-0.05, 0) is 26.0 Å². The van der Waals surface area contributed by atoms with Gasteiger partial charge in [0.15, 0.2) is 0 Å². The Morgan fingerprint density at radius 2 is 1.80 bits per heavy atom. The quantitative estimate of drug-likeness (QED) is 0.728. The molecule has 0 atom stereocenters. The third-order valence-corrected chi connectivity index (χ3v) is 4.41. The van der Waals surface area contributed by atoms with Crippen molar-refractivity contribution in [2.24, 2.45) is 0 Å². The fourth-order valence-corrected chi connectivity index (χ4v) is 2.99. The summed E-state index contributed by atoms with van der Waals surface area (Å²) in [6, 6.07) is 1.74. The normalized spacial score (nSPS) is 19.0. The first-order chi connectivity index (χ1) is 12.2. The van der Waals surface area contributed by atoms with E-state index in [4.69, 9.17) is 9.47 Å². The number of aromatic nitrogens is 2. The highest BCUT2D eigenvalue weighted by Gasteiger charge is 2.17. The molecule has 2 saturated heterocycles. The number of carbonyl (C=O) groups is 1. The maximum Gasteiger partial charge on any atom is 0.270 e. The summed E-state index contributed by atoms with van der Waals surface area (Å²) in [7, 11) is 0. The van der Waals surface area contributed by atoms with Crippen molar-refractivity contribution in [2.75, 3.05) is 70.6 Å². The predicted octanol–water partition coefficient (Wildman–Crippen LogP) is 0.0737. The highest BCUT2D eigenvalue weighted by Crippen LogP contribution is 2.12. The van der Waals surface area contributed by atoms with Crippen molar-refractivity contribution in [2.45, 2.75) is 13.3 Å². The van der Waals surface area contributed by atoms with Crippen LogP contribution in [0.15, 0.2) is 6.07 Å². The van der Waals surface area contributed by atoms with E-state index < -0.39 is 0 Å². The molecule has 138 valence electrons. The number of hydrogen-bond acceptors (Lipinski definition) is 7. The van der Waals surface area contributed by atoms with E-state index in [9.17, 15) is 4.79 Å². The van der Waals surface area contributed by atoms with Crippen molar-refractivity contribution in [1.29, 1.82) is 0 Å². The van der Waals surface area contributed by atoms with Gasteiger partial charge in [0.25, 0.3) is 5.91 Å². The monoisotopic (exact) mass is 349 g/mol. The van der Waals surface area contributed by atoms with Crippen LogP contribution < -0.4 is 10.2 Å². The number of morpholine rings is 2. The van der Waals surface area contributed by atoms with Crippen molar-refractivity contribution in [3.05, 3.63) is 17.5 Å². The molecule has 2 fully saturated rings. The van der Waals surface area contributed by atoms with Gasteiger partial charge in [-0.1, -0.05) is 0 Å². The first kappa shape index (κ1) is 18.0. The number of nitrogens with one attached hydrogen (secondary N) is 1. The molecule has 0 spiro atoms. The number of anilines is 1. The lowest BCUT2D eigenvalue weighted by Crippen LogP contribution is -2.38. The van der Waals surface area contributed by atoms with E-state index in [1.807, 2.05) is 6.92 Å². The minimum atomic E-state index is -0.137. The molecule has 1 aromatic rings. The van der Waals surface area contributed by atoms with Crippen LogP contribution in [0.5, 0.6) is 0 Å². The van der Waals surface area contributed by atoms with Crippen LogP contribution in [0.3, 0.4) is 0 Å². The molecule has 2 aliphatic heterocycles. The Morgan fingerprint density at radius 3 is 2.52 bits per heavy atom. The highest BCUT2D eigenvalue weighted by atomic mass is 16.5. The average molecular weight is 349 g/mol. The van der Waals surface area contributed by atoms with Crippen LogP contribution in [-0.2, 0) is 9.47 Å². The number of nitrogens with zero attached hydrogens (tertiary/aromatic N) is 4. The van der Waals surface area contributed by atoms with Gasteiger partial charge >= 0.3 is 0 Å². The van der Waals surface area contributed by atoms with Gasteiger partial charge < -0.3 is 19.7 Å². The second-order valence-corrected chi connectivity index (χ2v) is 6.36. The third-order valence-electron chi connectivity index (χ3n) is 4.41. The Morgan fingerprint density at radius 1 is 1.12 bits per heavy atom. The lowest BCUT2D eigenvalue weighted by Gasteiger charge is -2.27. The molecule has 3 rings (SSSR count). The molecular weight excluding hydrogens is 322 g/mol. The van der Waals surface area contributed by atoms with Crippen LogP contribution in [0.2, 0.25) is 0 Å². The number of carbonyl (C=O) groups excluding carboxylic acids is 1. The molecular formula is C17H27N5O3. The first-order valence-electron chi connectivity index (χ1n) is 8.99. The number of rotatable bonds is 6. The van der Waals surface area contributed by atoms with Gasteiger partial charge in [-0.3, -0.25) is 9.69 Å². The van der Waals surface area contributed by atoms with E-state index in [0.29, 0.717) is 31.4 Å². The Balaban J connectivity index is 1.49. The molecule has 0 radical (unpaired) electrons. The van der Waals surface area contributed by atoms with Crippen LogP contribution in [0.1, 0.15) is 22.6 Å². The topological polar surface area (TPSA) is 79.8 Å². The summed E-state index contributed by atoms with van der Waals surface area (Å²) >= 11 is 0. The van der Waals surface area contributed by atoms with Gasteiger partial charge in [0.05, 0.1) is 26.4 Å². The molecule has 25 heavy (non-hydrogen) atoms. The summed E-state index contributed by atoms with van der Waals surface area (Å²) in [6.07, 6.45) is 0.923. The van der Waals surface area contributed by atoms with E-state index >= 15 is 0 Å². The maximum absolute atomic E-state index is 12.4. The minimum Gasteiger partial charge on any atom is -0.379 e. The van der Waals surface area contributed by atoms with Crippen molar-refractivity contribution < 1.29 is 14.3 Å². The van der Waals surface area contributed by atoms with Crippen molar-refractivity contribution in [1.82, 2.24) is 20.2 Å². The van der Waals surface area contributed by atoms with Gasteiger partial charge in [0, 0.05) is 38.4 Å². The largest absolute Gasteiger partial charge is 0.379 e. The van der Waals surface area contributed by atoms with Crippen molar-refractivity contribution in [3.63, 3.8) is 0 Å². The molecule has 0 aromatic carbocycles. The second kappa shape index (κ2) is 9.07. The Labute approximate surface area is 148 Å². The van der Waals surface area contributed by atoms with E-state index in [1.165, 1.54) is 0 Å². The summed E-state index contributed by atoms with van der Waals surface area (Å²) in [4.78, 5) is 25.7. The van der Waals surface area contributed by atoms with Gasteiger partial charge in [-0.2, -0.15) is 0 Å². The summed E-state index contributed by atoms with van der Waals surface area (Å²) < 4.78 is 10.7. The number of hydrogen-bond donors (Lipinski definition) is 1. The van der Waals surface area contributed by atoms with E-state index in [0.717, 1.165) is 58.1 Å². The zero-order valence-corrected chi connectivity index (χ0v) is 14.9. The summed E-state index contributed by atoms with van der Waals surface area (Å²) in [6.45, 7) is 9.91. The summed E-state index contributed by atoms with van der Waals surface area (Å²) in [5.74, 6) is 0.476. The van der Waals surface area contributed by atoms with Crippen LogP contribution in [-0.4, -0.2) is 86.5 Å².